The lowest BCUT2D eigenvalue weighted by Gasteiger charge is -2.25. The van der Waals surface area contributed by atoms with Crippen LogP contribution < -0.4 is 4.74 Å². The van der Waals surface area contributed by atoms with Crippen molar-refractivity contribution in [3.05, 3.63) is 71.2 Å². The third-order valence-corrected chi connectivity index (χ3v) is 7.52. The van der Waals surface area contributed by atoms with Crippen LogP contribution >= 0.6 is 11.6 Å². The predicted molar refractivity (Wildman–Crippen MR) is 154 cm³/mol. The van der Waals surface area contributed by atoms with Crippen molar-refractivity contribution in [2.24, 2.45) is 5.92 Å². The van der Waals surface area contributed by atoms with Crippen LogP contribution in [0.1, 0.15) is 31.2 Å². The number of aliphatic hydroxyl groups excluding tert-OH is 1. The van der Waals surface area contributed by atoms with E-state index in [1.807, 2.05) is 12.1 Å². The maximum absolute atomic E-state index is 11.2. The van der Waals surface area contributed by atoms with Crippen molar-refractivity contribution < 1.29 is 29.2 Å². The van der Waals surface area contributed by atoms with Gasteiger partial charge in [-0.15, -0.1) is 0 Å². The number of carboxylic acid groups (broad SMARTS) is 1. The van der Waals surface area contributed by atoms with E-state index in [2.05, 4.69) is 58.5 Å². The minimum atomic E-state index is -0.727. The fourth-order valence-corrected chi connectivity index (χ4v) is 5.25. The predicted octanol–water partition coefficient (Wildman–Crippen LogP) is 6.10. The average Bonchev–Trinajstić information content (AvgIpc) is 3.36. The van der Waals surface area contributed by atoms with E-state index >= 15 is 0 Å². The number of hydrogen-bond acceptors (Lipinski definition) is 6. The topological polar surface area (TPSA) is 114 Å². The first-order valence-electron chi connectivity index (χ1n) is 13.5. The molecule has 0 atom stereocenters. The van der Waals surface area contributed by atoms with Crippen LogP contribution in [0.5, 0.6) is 6.01 Å². The number of benzene rings is 3. The number of nitrogens with zero attached hydrogens (tertiary/aromatic N) is 1. The Bertz CT molecular complexity index is 1410. The maximum atomic E-state index is 11.2. The lowest BCUT2D eigenvalue weighted by molar-refractivity contribution is -0.143. The van der Waals surface area contributed by atoms with Gasteiger partial charge in [0.05, 0.1) is 55.0 Å². The van der Waals surface area contributed by atoms with Crippen LogP contribution in [0, 0.1) is 5.92 Å². The molecule has 1 saturated carbocycles. The zero-order valence-corrected chi connectivity index (χ0v) is 22.9. The van der Waals surface area contributed by atoms with Gasteiger partial charge in [-0.1, -0.05) is 60.1 Å². The minimum absolute atomic E-state index is 0.0195. The molecule has 0 amide bonds. The molecule has 1 aliphatic carbocycles. The summed E-state index contributed by atoms with van der Waals surface area (Å²) in [6.45, 7) is 1.81. The Morgan fingerprint density at radius 2 is 1.55 bits per heavy atom. The van der Waals surface area contributed by atoms with Crippen molar-refractivity contribution >= 4 is 28.6 Å². The van der Waals surface area contributed by atoms with Crippen LogP contribution in [0.15, 0.2) is 60.7 Å². The fraction of sp³-hybridized carbons (Fsp3) is 0.355. The summed E-state index contributed by atoms with van der Waals surface area (Å²) in [6, 6.07) is 20.8. The highest BCUT2D eigenvalue weighted by Gasteiger charge is 2.27. The lowest BCUT2D eigenvalue weighted by Crippen LogP contribution is -2.28. The summed E-state index contributed by atoms with van der Waals surface area (Å²) in [5.74, 6) is -1.01. The number of carboxylic acids is 1. The number of H-pyrrole nitrogens is 1. The van der Waals surface area contributed by atoms with Crippen LogP contribution in [0.3, 0.4) is 0 Å². The zero-order chi connectivity index (χ0) is 27.9. The van der Waals surface area contributed by atoms with Gasteiger partial charge in [-0.05, 0) is 60.1 Å². The summed E-state index contributed by atoms with van der Waals surface area (Å²) in [6.07, 6.45) is 2.59. The van der Waals surface area contributed by atoms with Gasteiger partial charge in [-0.2, -0.15) is 4.98 Å². The molecule has 0 bridgehead atoms. The normalized spacial score (nSPS) is 17.2. The number of aromatic amines is 1. The molecule has 3 aromatic carbocycles. The van der Waals surface area contributed by atoms with Crippen LogP contribution in [0.2, 0.25) is 5.02 Å². The summed E-state index contributed by atoms with van der Waals surface area (Å²) >= 11 is 6.66. The van der Waals surface area contributed by atoms with E-state index in [0.717, 1.165) is 38.9 Å². The van der Waals surface area contributed by atoms with Crippen molar-refractivity contribution in [2.45, 2.75) is 38.4 Å². The van der Waals surface area contributed by atoms with Crippen molar-refractivity contribution in [1.82, 2.24) is 9.97 Å². The van der Waals surface area contributed by atoms with Gasteiger partial charge in [0, 0.05) is 5.56 Å². The summed E-state index contributed by atoms with van der Waals surface area (Å²) in [4.78, 5) is 19.0. The minimum Gasteiger partial charge on any atom is -0.481 e. The molecule has 5 rings (SSSR count). The molecule has 40 heavy (non-hydrogen) atoms. The van der Waals surface area contributed by atoms with Gasteiger partial charge in [-0.3, -0.25) is 4.79 Å². The van der Waals surface area contributed by atoms with Gasteiger partial charge in [0.2, 0.25) is 0 Å². The number of halogens is 1. The van der Waals surface area contributed by atoms with E-state index in [-0.39, 0.29) is 18.6 Å². The largest absolute Gasteiger partial charge is 0.481 e. The second kappa shape index (κ2) is 13.3. The third kappa shape index (κ3) is 7.01. The molecule has 0 radical (unpaired) electrons. The Morgan fingerprint density at radius 3 is 2.23 bits per heavy atom. The number of imidazole rings is 1. The van der Waals surface area contributed by atoms with Crippen molar-refractivity contribution in [3.63, 3.8) is 0 Å². The van der Waals surface area contributed by atoms with Gasteiger partial charge in [0.1, 0.15) is 6.10 Å². The van der Waals surface area contributed by atoms with Crippen molar-refractivity contribution in [2.75, 3.05) is 26.4 Å². The highest BCUT2D eigenvalue weighted by atomic mass is 35.5. The maximum Gasteiger partial charge on any atom is 0.306 e. The quantitative estimate of drug-likeness (QED) is 0.178. The van der Waals surface area contributed by atoms with E-state index in [0.29, 0.717) is 63.1 Å². The van der Waals surface area contributed by atoms with Gasteiger partial charge in [0.15, 0.2) is 0 Å². The first-order chi connectivity index (χ1) is 19.5. The number of hydrogen-bond donors (Lipinski definition) is 3. The van der Waals surface area contributed by atoms with Crippen LogP contribution in [-0.4, -0.2) is 58.7 Å². The number of carbonyl (C=O) groups is 1. The molecule has 0 aliphatic heterocycles. The highest BCUT2D eigenvalue weighted by Crippen LogP contribution is 2.34. The standard InChI is InChI=1S/C31H33ClN2O6/c32-27-18-29-28(33-31(34-29)40-25-11-9-24(10-12-25)30(36)37)17-26(27)23-7-5-22(6-8-23)21-3-1-20(2-4-21)19-39-16-15-38-14-13-35/h1-8,17-18,24-25,35H,9-16,19H2,(H,33,34)(H,36,37)/t24-,25-. The number of nitrogens with one attached hydrogen (secondary N) is 1. The number of aliphatic hydroxyl groups is 1. The molecule has 1 fully saturated rings. The molecule has 3 N–H and O–H groups in total. The second-order valence-corrected chi connectivity index (χ2v) is 10.4. The molecule has 1 aliphatic rings. The Hall–Kier alpha value is -3.43. The van der Waals surface area contributed by atoms with Gasteiger partial charge in [-0.25, -0.2) is 0 Å². The number of ether oxygens (including phenoxy) is 3. The molecule has 1 heterocycles. The van der Waals surface area contributed by atoms with Crippen LogP contribution in [0.25, 0.3) is 33.3 Å². The van der Waals surface area contributed by atoms with E-state index in [1.165, 1.54) is 0 Å². The van der Waals surface area contributed by atoms with Crippen molar-refractivity contribution in [1.29, 1.82) is 0 Å². The van der Waals surface area contributed by atoms with Gasteiger partial charge >= 0.3 is 5.97 Å². The Balaban J connectivity index is 1.21. The number of aromatic nitrogens is 2. The van der Waals surface area contributed by atoms with Crippen LogP contribution in [0.4, 0.5) is 0 Å². The first kappa shape index (κ1) is 28.1. The summed E-state index contributed by atoms with van der Waals surface area (Å²) in [7, 11) is 0. The molecule has 4 aromatic rings. The lowest BCUT2D eigenvalue weighted by atomic mass is 9.87. The summed E-state index contributed by atoms with van der Waals surface area (Å²) < 4.78 is 16.9. The van der Waals surface area contributed by atoms with Crippen LogP contribution in [-0.2, 0) is 20.9 Å². The number of aliphatic carboxylic acids is 1. The molecular weight excluding hydrogens is 532 g/mol. The SMILES string of the molecule is O=C(O)[C@H]1CC[C@H](Oc2nc3cc(-c4ccc(-c5ccc(COCCOCCO)cc5)cc4)c(Cl)cc3[nH]2)CC1. The fourth-order valence-electron chi connectivity index (χ4n) is 4.98. The molecular formula is C31H33ClN2O6. The molecule has 0 unspecified atom stereocenters. The third-order valence-electron chi connectivity index (χ3n) is 7.21. The van der Waals surface area contributed by atoms with Gasteiger partial charge < -0.3 is 29.4 Å². The monoisotopic (exact) mass is 564 g/mol. The van der Waals surface area contributed by atoms with E-state index in [9.17, 15) is 9.90 Å². The number of fused-ring (bicyclic) bond motifs is 1. The highest BCUT2D eigenvalue weighted by molar-refractivity contribution is 6.34. The zero-order valence-electron chi connectivity index (χ0n) is 22.1. The molecule has 210 valence electrons. The average molecular weight is 565 g/mol. The Morgan fingerprint density at radius 1 is 0.900 bits per heavy atom. The van der Waals surface area contributed by atoms with Gasteiger partial charge in [0.25, 0.3) is 6.01 Å². The van der Waals surface area contributed by atoms with E-state index in [1.54, 1.807) is 0 Å². The molecule has 0 saturated heterocycles. The Labute approximate surface area is 237 Å². The second-order valence-electron chi connectivity index (χ2n) is 9.98. The molecule has 9 heteroatoms. The Kier molecular flexibility index (Phi) is 9.34. The molecule has 1 aromatic heterocycles. The smallest absolute Gasteiger partial charge is 0.306 e. The van der Waals surface area contributed by atoms with E-state index in [4.69, 9.17) is 30.9 Å². The van der Waals surface area contributed by atoms with E-state index < -0.39 is 5.97 Å². The number of rotatable bonds is 12. The summed E-state index contributed by atoms with van der Waals surface area (Å²) in [5.41, 5.74) is 6.71. The van der Waals surface area contributed by atoms with Crippen molar-refractivity contribution in [3.8, 4) is 28.3 Å². The first-order valence-corrected chi connectivity index (χ1v) is 13.9. The molecule has 0 spiro atoms. The summed E-state index contributed by atoms with van der Waals surface area (Å²) in [5, 5.41) is 18.5. The molecule has 8 nitrogen and oxygen atoms in total.